The van der Waals surface area contributed by atoms with Gasteiger partial charge in [-0.25, -0.2) is 4.99 Å². The lowest BCUT2D eigenvalue weighted by molar-refractivity contribution is -0.114. The van der Waals surface area contributed by atoms with Crippen molar-refractivity contribution in [2.75, 3.05) is 5.32 Å². The summed E-state index contributed by atoms with van der Waals surface area (Å²) >= 11 is 9.36. The number of carbonyl (C=O) groups excluding carboxylic acids is 1. The summed E-state index contributed by atoms with van der Waals surface area (Å²) in [5, 5.41) is 3.39. The molecular weight excluding hydrogens is 340 g/mol. The molecular formula is C15H10BrClN2O. The van der Waals surface area contributed by atoms with Gasteiger partial charge in [0, 0.05) is 5.02 Å². The normalized spacial score (nSPS) is 17.8. The summed E-state index contributed by atoms with van der Waals surface area (Å²) in [5.74, 6) is -0.159. The molecule has 1 aliphatic rings. The number of nitrogens with one attached hydrogen (secondary N) is 1. The van der Waals surface area contributed by atoms with Gasteiger partial charge >= 0.3 is 0 Å². The quantitative estimate of drug-likeness (QED) is 0.771. The minimum absolute atomic E-state index is 0.159. The van der Waals surface area contributed by atoms with E-state index in [-0.39, 0.29) is 5.91 Å². The van der Waals surface area contributed by atoms with Gasteiger partial charge in [0.05, 0.1) is 17.1 Å². The van der Waals surface area contributed by atoms with Gasteiger partial charge in [-0.05, 0) is 23.8 Å². The SMILES string of the molecule is O=C1Nc2cc(Cl)ccc2N=C(c2ccccc2)C1Br. The van der Waals surface area contributed by atoms with Gasteiger partial charge in [0.15, 0.2) is 0 Å². The van der Waals surface area contributed by atoms with E-state index >= 15 is 0 Å². The number of aliphatic imine (C=N–C) groups is 1. The van der Waals surface area contributed by atoms with Crippen molar-refractivity contribution in [1.82, 2.24) is 0 Å². The number of alkyl halides is 1. The molecule has 20 heavy (non-hydrogen) atoms. The first-order valence-electron chi connectivity index (χ1n) is 6.03. The summed E-state index contributed by atoms with van der Waals surface area (Å²) in [6.45, 7) is 0. The molecule has 3 nitrogen and oxygen atoms in total. The number of rotatable bonds is 1. The smallest absolute Gasteiger partial charge is 0.244 e. The van der Waals surface area contributed by atoms with Crippen LogP contribution in [0.15, 0.2) is 53.5 Å². The van der Waals surface area contributed by atoms with Gasteiger partial charge in [-0.3, -0.25) is 4.79 Å². The van der Waals surface area contributed by atoms with Crippen molar-refractivity contribution in [2.45, 2.75) is 4.83 Å². The minimum Gasteiger partial charge on any atom is -0.323 e. The standard InChI is InChI=1S/C15H10BrClN2O/c16-13-14(9-4-2-1-3-5-9)18-11-7-6-10(17)8-12(11)19-15(13)20/h1-8,13H,(H,19,20). The molecule has 0 spiro atoms. The average molecular weight is 350 g/mol. The molecule has 0 saturated carbocycles. The topological polar surface area (TPSA) is 41.5 Å². The van der Waals surface area contributed by atoms with Crippen molar-refractivity contribution >= 4 is 50.5 Å². The van der Waals surface area contributed by atoms with Gasteiger partial charge < -0.3 is 5.32 Å². The van der Waals surface area contributed by atoms with Crippen LogP contribution in [0.1, 0.15) is 5.56 Å². The van der Waals surface area contributed by atoms with E-state index in [9.17, 15) is 4.79 Å². The van der Waals surface area contributed by atoms with Gasteiger partial charge in [0.25, 0.3) is 0 Å². The number of benzene rings is 2. The van der Waals surface area contributed by atoms with Gasteiger partial charge in [-0.2, -0.15) is 0 Å². The summed E-state index contributed by atoms with van der Waals surface area (Å²) in [5.41, 5.74) is 2.91. The zero-order valence-electron chi connectivity index (χ0n) is 10.3. The second kappa shape index (κ2) is 5.38. The van der Waals surface area contributed by atoms with Gasteiger partial charge in [-0.1, -0.05) is 57.9 Å². The maximum Gasteiger partial charge on any atom is 0.244 e. The fourth-order valence-electron chi connectivity index (χ4n) is 2.03. The number of anilines is 1. The van der Waals surface area contributed by atoms with Crippen LogP contribution in [0.2, 0.25) is 5.02 Å². The van der Waals surface area contributed by atoms with E-state index in [2.05, 4.69) is 26.2 Å². The molecule has 0 bridgehead atoms. The fraction of sp³-hybridized carbons (Fsp3) is 0.0667. The third-order valence-electron chi connectivity index (χ3n) is 3.00. The maximum absolute atomic E-state index is 12.2. The van der Waals surface area contributed by atoms with Gasteiger partial charge in [-0.15, -0.1) is 0 Å². The van der Waals surface area contributed by atoms with E-state index < -0.39 is 4.83 Å². The molecule has 1 unspecified atom stereocenters. The third kappa shape index (κ3) is 2.49. The molecule has 1 heterocycles. The lowest BCUT2D eigenvalue weighted by Crippen LogP contribution is -2.29. The Balaban J connectivity index is 2.16. The van der Waals surface area contributed by atoms with Crippen molar-refractivity contribution in [3.05, 3.63) is 59.1 Å². The molecule has 0 aliphatic carbocycles. The molecule has 2 aromatic carbocycles. The van der Waals surface area contributed by atoms with Crippen molar-refractivity contribution in [3.63, 3.8) is 0 Å². The Morgan fingerprint density at radius 2 is 1.90 bits per heavy atom. The van der Waals surface area contributed by atoms with E-state index in [4.69, 9.17) is 11.6 Å². The molecule has 100 valence electrons. The molecule has 1 atom stereocenters. The van der Waals surface area contributed by atoms with Crippen molar-refractivity contribution in [2.24, 2.45) is 4.99 Å². The molecule has 0 saturated heterocycles. The molecule has 0 fully saturated rings. The maximum atomic E-state index is 12.2. The Morgan fingerprint density at radius 3 is 2.65 bits per heavy atom. The average Bonchev–Trinajstić information content (AvgIpc) is 2.57. The summed E-state index contributed by atoms with van der Waals surface area (Å²) in [4.78, 5) is 16.3. The minimum atomic E-state index is -0.504. The molecule has 1 amide bonds. The lowest BCUT2D eigenvalue weighted by atomic mass is 10.1. The Hall–Kier alpha value is -1.65. The monoisotopic (exact) mass is 348 g/mol. The Kier molecular flexibility index (Phi) is 3.59. The van der Waals surface area contributed by atoms with Gasteiger partial charge in [0.2, 0.25) is 5.91 Å². The van der Waals surface area contributed by atoms with Crippen LogP contribution in [0, 0.1) is 0 Å². The van der Waals surface area contributed by atoms with Crippen LogP contribution in [-0.2, 0) is 4.79 Å². The van der Waals surface area contributed by atoms with Crippen molar-refractivity contribution in [1.29, 1.82) is 0 Å². The second-order valence-corrected chi connectivity index (χ2v) is 5.73. The Bertz CT molecular complexity index is 700. The highest BCUT2D eigenvalue weighted by Gasteiger charge is 2.26. The molecule has 2 aromatic rings. The highest BCUT2D eigenvalue weighted by molar-refractivity contribution is 9.10. The number of hydrogen-bond acceptors (Lipinski definition) is 2. The van der Waals surface area contributed by atoms with Crippen molar-refractivity contribution in [3.8, 4) is 0 Å². The summed E-state index contributed by atoms with van der Waals surface area (Å²) in [6, 6.07) is 14.9. The molecule has 0 aromatic heterocycles. The number of fused-ring (bicyclic) bond motifs is 1. The van der Waals surface area contributed by atoms with Crippen molar-refractivity contribution < 1.29 is 4.79 Å². The summed E-state index contributed by atoms with van der Waals surface area (Å²) in [7, 11) is 0. The summed E-state index contributed by atoms with van der Waals surface area (Å²) < 4.78 is 0. The Labute approximate surface area is 129 Å². The van der Waals surface area contributed by atoms with E-state index in [0.717, 1.165) is 5.56 Å². The molecule has 1 aliphatic heterocycles. The van der Waals surface area contributed by atoms with Crippen LogP contribution < -0.4 is 5.32 Å². The summed E-state index contributed by atoms with van der Waals surface area (Å²) in [6.07, 6.45) is 0. The first-order valence-corrected chi connectivity index (χ1v) is 7.33. The van der Waals surface area contributed by atoms with E-state index in [1.807, 2.05) is 30.3 Å². The van der Waals surface area contributed by atoms with Gasteiger partial charge in [0.1, 0.15) is 4.83 Å². The molecule has 5 heteroatoms. The predicted molar refractivity (Wildman–Crippen MR) is 85.4 cm³/mol. The molecule has 0 radical (unpaired) electrons. The van der Waals surface area contributed by atoms with E-state index in [1.54, 1.807) is 18.2 Å². The number of nitrogens with zero attached hydrogens (tertiary/aromatic N) is 1. The van der Waals surface area contributed by atoms with Crippen LogP contribution in [0.4, 0.5) is 11.4 Å². The van der Waals surface area contributed by atoms with Crippen LogP contribution >= 0.6 is 27.5 Å². The number of carbonyl (C=O) groups is 1. The van der Waals surface area contributed by atoms with E-state index in [1.165, 1.54) is 0 Å². The zero-order chi connectivity index (χ0) is 14.1. The zero-order valence-corrected chi connectivity index (χ0v) is 12.6. The predicted octanol–water partition coefficient (Wildman–Crippen LogP) is 4.18. The lowest BCUT2D eigenvalue weighted by Gasteiger charge is -2.09. The van der Waals surface area contributed by atoms with Crippen LogP contribution in [0.5, 0.6) is 0 Å². The molecule has 3 rings (SSSR count). The first-order chi connectivity index (χ1) is 9.65. The number of hydrogen-bond donors (Lipinski definition) is 1. The number of halogens is 2. The highest BCUT2D eigenvalue weighted by atomic mass is 79.9. The first kappa shape index (κ1) is 13.3. The largest absolute Gasteiger partial charge is 0.323 e. The fourth-order valence-corrected chi connectivity index (χ4v) is 2.69. The molecule has 1 N–H and O–H groups in total. The number of amides is 1. The van der Waals surface area contributed by atoms with Crippen LogP contribution in [0.3, 0.4) is 0 Å². The van der Waals surface area contributed by atoms with Crippen LogP contribution in [0.25, 0.3) is 0 Å². The third-order valence-corrected chi connectivity index (χ3v) is 4.08. The van der Waals surface area contributed by atoms with Crippen LogP contribution in [-0.4, -0.2) is 16.4 Å². The Morgan fingerprint density at radius 1 is 1.15 bits per heavy atom. The van der Waals surface area contributed by atoms with E-state index in [0.29, 0.717) is 22.1 Å². The second-order valence-electron chi connectivity index (χ2n) is 4.38. The highest BCUT2D eigenvalue weighted by Crippen LogP contribution is 2.32.